The van der Waals surface area contributed by atoms with Gasteiger partial charge in [-0.1, -0.05) is 12.1 Å². The minimum Gasteiger partial charge on any atom is -0.497 e. The van der Waals surface area contributed by atoms with Crippen molar-refractivity contribution in [2.24, 2.45) is 0 Å². The molecule has 27 heavy (non-hydrogen) atoms. The number of hydrogen-bond donors (Lipinski definition) is 1. The van der Waals surface area contributed by atoms with Gasteiger partial charge in [0, 0.05) is 39.1 Å². The first kappa shape index (κ1) is 18.0. The zero-order valence-electron chi connectivity index (χ0n) is 15.9. The number of likely N-dealkylation sites (N-methyl/N-ethyl adjacent to an activating group) is 1. The molecule has 1 aromatic carbocycles. The van der Waals surface area contributed by atoms with Crippen LogP contribution in [0, 0.1) is 0 Å². The molecule has 0 saturated carbocycles. The number of nitrogens with zero attached hydrogens (tertiary/aromatic N) is 3. The van der Waals surface area contributed by atoms with Gasteiger partial charge in [0.15, 0.2) is 6.10 Å². The molecular formula is C20H26N4O3. The molecule has 2 aliphatic rings. The second-order valence-electron chi connectivity index (χ2n) is 7.24. The van der Waals surface area contributed by atoms with Gasteiger partial charge in [0.25, 0.3) is 5.91 Å². The maximum Gasteiger partial charge on any atom is 0.250 e. The van der Waals surface area contributed by atoms with E-state index in [4.69, 9.17) is 9.47 Å². The molecule has 0 aliphatic carbocycles. The van der Waals surface area contributed by atoms with Crippen molar-refractivity contribution in [2.75, 3.05) is 27.2 Å². The number of fused-ring (bicyclic) bond motifs is 2. The maximum atomic E-state index is 12.2. The fourth-order valence-electron chi connectivity index (χ4n) is 4.10. The number of carbonyl (C=O) groups is 1. The molecule has 2 aliphatic heterocycles. The van der Waals surface area contributed by atoms with Crippen LogP contribution in [0.2, 0.25) is 0 Å². The van der Waals surface area contributed by atoms with Crippen LogP contribution < -0.4 is 10.1 Å². The Labute approximate surface area is 159 Å². The molecular weight excluding hydrogens is 344 g/mol. The first-order chi connectivity index (χ1) is 13.1. The van der Waals surface area contributed by atoms with E-state index in [1.165, 1.54) is 5.56 Å². The van der Waals surface area contributed by atoms with Gasteiger partial charge in [-0.3, -0.25) is 9.69 Å². The number of imidazole rings is 1. The van der Waals surface area contributed by atoms with Crippen LogP contribution in [0.1, 0.15) is 24.2 Å². The van der Waals surface area contributed by atoms with Gasteiger partial charge in [-0.05, 0) is 30.5 Å². The van der Waals surface area contributed by atoms with Crippen LogP contribution in [-0.2, 0) is 28.2 Å². The van der Waals surface area contributed by atoms with Crippen molar-refractivity contribution in [3.05, 3.63) is 48.0 Å². The summed E-state index contributed by atoms with van der Waals surface area (Å²) in [5.41, 5.74) is 0.788. The fraction of sp³-hybridized carbons (Fsp3) is 0.500. The molecule has 2 aromatic rings. The van der Waals surface area contributed by atoms with Crippen LogP contribution >= 0.6 is 0 Å². The largest absolute Gasteiger partial charge is 0.497 e. The summed E-state index contributed by atoms with van der Waals surface area (Å²) in [4.78, 5) is 19.2. The number of rotatable bonds is 4. The van der Waals surface area contributed by atoms with Crippen LogP contribution in [-0.4, -0.2) is 53.7 Å². The highest BCUT2D eigenvalue weighted by Crippen LogP contribution is 2.40. The summed E-state index contributed by atoms with van der Waals surface area (Å²) in [5.74, 6) is 1.75. The van der Waals surface area contributed by atoms with Gasteiger partial charge >= 0.3 is 0 Å². The van der Waals surface area contributed by atoms with E-state index in [-0.39, 0.29) is 5.91 Å². The van der Waals surface area contributed by atoms with Gasteiger partial charge in [0.1, 0.15) is 17.2 Å². The van der Waals surface area contributed by atoms with Crippen molar-refractivity contribution in [3.63, 3.8) is 0 Å². The number of nitrogens with one attached hydrogen (secondary N) is 1. The molecule has 0 bridgehead atoms. The number of benzene rings is 1. The van der Waals surface area contributed by atoms with Gasteiger partial charge in [-0.2, -0.15) is 0 Å². The SMILES string of the molecule is CNC(=O)C1Cn2ccnc2C2(CCN(Cc3ccc(OC)cc3)CC2)O1. The Balaban J connectivity index is 1.46. The quantitative estimate of drug-likeness (QED) is 0.884. The highest BCUT2D eigenvalue weighted by Gasteiger charge is 2.46. The lowest BCUT2D eigenvalue weighted by molar-refractivity contribution is -0.173. The number of amides is 1. The van der Waals surface area contributed by atoms with Crippen molar-refractivity contribution < 1.29 is 14.3 Å². The van der Waals surface area contributed by atoms with Gasteiger partial charge in [0.05, 0.1) is 13.7 Å². The Hall–Kier alpha value is -2.38. The molecule has 1 aromatic heterocycles. The molecule has 1 spiro atoms. The van der Waals surface area contributed by atoms with Crippen molar-refractivity contribution in [3.8, 4) is 5.75 Å². The molecule has 7 heteroatoms. The molecule has 3 heterocycles. The Morgan fingerprint density at radius 3 is 2.74 bits per heavy atom. The Morgan fingerprint density at radius 1 is 1.33 bits per heavy atom. The normalized spacial score (nSPS) is 21.6. The molecule has 0 radical (unpaired) electrons. The fourth-order valence-corrected chi connectivity index (χ4v) is 4.10. The standard InChI is InChI=1S/C20H26N4O3/c1-21-18(25)17-14-24-12-9-22-19(24)20(27-17)7-10-23(11-8-20)13-15-3-5-16(26-2)6-4-15/h3-6,9,12,17H,7-8,10-11,13-14H2,1-2H3,(H,21,25). The van der Waals surface area contributed by atoms with Crippen LogP contribution in [0.15, 0.2) is 36.7 Å². The number of hydrogen-bond acceptors (Lipinski definition) is 5. The molecule has 1 amide bonds. The number of piperidine rings is 1. The second kappa shape index (κ2) is 7.32. The first-order valence-electron chi connectivity index (χ1n) is 9.40. The average molecular weight is 370 g/mol. The van der Waals surface area contributed by atoms with Crippen molar-refractivity contribution >= 4 is 5.91 Å². The number of ether oxygens (including phenoxy) is 2. The maximum absolute atomic E-state index is 12.2. The van der Waals surface area contributed by atoms with Crippen LogP contribution in [0.5, 0.6) is 5.75 Å². The van der Waals surface area contributed by atoms with Gasteiger partial charge in [-0.25, -0.2) is 4.98 Å². The smallest absolute Gasteiger partial charge is 0.250 e. The summed E-state index contributed by atoms with van der Waals surface area (Å²) in [7, 11) is 3.33. The van der Waals surface area contributed by atoms with Gasteiger partial charge < -0.3 is 19.4 Å². The molecule has 1 fully saturated rings. The van der Waals surface area contributed by atoms with E-state index in [1.807, 2.05) is 18.3 Å². The zero-order valence-corrected chi connectivity index (χ0v) is 15.9. The van der Waals surface area contributed by atoms with Crippen LogP contribution in [0.25, 0.3) is 0 Å². The zero-order chi connectivity index (χ0) is 18.9. The summed E-state index contributed by atoms with van der Waals surface area (Å²) in [6.45, 7) is 3.22. The Morgan fingerprint density at radius 2 is 2.07 bits per heavy atom. The monoisotopic (exact) mass is 370 g/mol. The molecule has 144 valence electrons. The van der Waals surface area contributed by atoms with E-state index in [0.29, 0.717) is 6.54 Å². The molecule has 1 atom stereocenters. The van der Waals surface area contributed by atoms with E-state index in [2.05, 4.69) is 31.9 Å². The average Bonchev–Trinajstić information content (AvgIpc) is 3.19. The van der Waals surface area contributed by atoms with Crippen LogP contribution in [0.4, 0.5) is 0 Å². The topological polar surface area (TPSA) is 68.6 Å². The third-order valence-electron chi connectivity index (χ3n) is 5.62. The van der Waals surface area contributed by atoms with E-state index in [9.17, 15) is 4.79 Å². The molecule has 1 N–H and O–H groups in total. The minimum atomic E-state index is -0.477. The third-order valence-corrected chi connectivity index (χ3v) is 5.62. The lowest BCUT2D eigenvalue weighted by Crippen LogP contribution is -2.53. The van der Waals surface area contributed by atoms with E-state index in [1.54, 1.807) is 20.4 Å². The lowest BCUT2D eigenvalue weighted by Gasteiger charge is -2.45. The lowest BCUT2D eigenvalue weighted by atomic mass is 9.88. The van der Waals surface area contributed by atoms with Gasteiger partial charge in [-0.15, -0.1) is 0 Å². The van der Waals surface area contributed by atoms with Crippen LogP contribution in [0.3, 0.4) is 0 Å². The minimum absolute atomic E-state index is 0.0746. The van der Waals surface area contributed by atoms with Crippen molar-refractivity contribution in [1.82, 2.24) is 19.8 Å². The third kappa shape index (κ3) is 3.44. The summed E-state index contributed by atoms with van der Waals surface area (Å²) in [5, 5.41) is 2.71. The predicted molar refractivity (Wildman–Crippen MR) is 100 cm³/mol. The van der Waals surface area contributed by atoms with E-state index in [0.717, 1.165) is 44.0 Å². The number of carbonyl (C=O) groups excluding carboxylic acids is 1. The highest BCUT2D eigenvalue weighted by atomic mass is 16.5. The Kier molecular flexibility index (Phi) is 4.88. The number of likely N-dealkylation sites (tertiary alicyclic amines) is 1. The molecule has 4 rings (SSSR count). The Bertz CT molecular complexity index is 794. The van der Waals surface area contributed by atoms with Crippen molar-refractivity contribution in [2.45, 2.75) is 37.6 Å². The summed E-state index contributed by atoms with van der Waals surface area (Å²) in [6, 6.07) is 8.20. The molecule has 1 saturated heterocycles. The van der Waals surface area contributed by atoms with E-state index >= 15 is 0 Å². The molecule has 1 unspecified atom stereocenters. The number of methoxy groups -OCH3 is 1. The summed E-state index contributed by atoms with van der Waals surface area (Å²) >= 11 is 0. The summed E-state index contributed by atoms with van der Waals surface area (Å²) < 4.78 is 13.6. The summed E-state index contributed by atoms with van der Waals surface area (Å²) in [6.07, 6.45) is 4.93. The second-order valence-corrected chi connectivity index (χ2v) is 7.24. The van der Waals surface area contributed by atoms with Crippen molar-refractivity contribution in [1.29, 1.82) is 0 Å². The van der Waals surface area contributed by atoms with Gasteiger partial charge in [0.2, 0.25) is 0 Å². The highest BCUT2D eigenvalue weighted by molar-refractivity contribution is 5.80. The predicted octanol–water partition coefficient (Wildman–Crippen LogP) is 1.53. The molecule has 7 nitrogen and oxygen atoms in total. The van der Waals surface area contributed by atoms with E-state index < -0.39 is 11.7 Å². The number of aromatic nitrogens is 2. The first-order valence-corrected chi connectivity index (χ1v) is 9.40.